The third-order valence-corrected chi connectivity index (χ3v) is 6.74. The molecule has 0 aliphatic heterocycles. The van der Waals surface area contributed by atoms with Gasteiger partial charge in [0, 0.05) is 18.7 Å². The van der Waals surface area contributed by atoms with Crippen LogP contribution in [0.1, 0.15) is 33.1 Å². The van der Waals surface area contributed by atoms with E-state index in [1.54, 1.807) is 13.0 Å². The van der Waals surface area contributed by atoms with Crippen molar-refractivity contribution in [3.05, 3.63) is 101 Å². The summed E-state index contributed by atoms with van der Waals surface area (Å²) in [7, 11) is 0.161. The third-order valence-electron chi connectivity index (χ3n) is 5.34. The largest absolute Gasteiger partial charge is 0.350 e. The molecule has 6 nitrogen and oxygen atoms in total. The lowest BCUT2D eigenvalue weighted by Crippen LogP contribution is -2.35. The molecule has 1 amide bonds. The lowest BCUT2D eigenvalue weighted by atomic mass is 10.1. The number of carbonyl (C=O) groups excluding carboxylic acids is 1. The smallest absolute Gasteiger partial charge is 0.251 e. The summed E-state index contributed by atoms with van der Waals surface area (Å²) in [5, 5.41) is 2.96. The summed E-state index contributed by atoms with van der Waals surface area (Å²) in [6.07, 6.45) is 0. The van der Waals surface area contributed by atoms with Crippen LogP contribution in [0.25, 0.3) is 0 Å². The zero-order chi connectivity index (χ0) is 23.1. The Morgan fingerprint density at radius 2 is 1.56 bits per heavy atom. The number of hydrogen-bond acceptors (Lipinski definition) is 4. The molecule has 3 rings (SSSR count). The number of likely N-dealkylation sites (N-methyl/N-ethyl adjacent to an activating group) is 1. The van der Waals surface area contributed by atoms with Crippen LogP contribution in [-0.2, 0) is 16.6 Å². The summed E-state index contributed by atoms with van der Waals surface area (Å²) < 4.78 is 28.2. The Hall–Kier alpha value is -3.00. The number of nitrogens with one attached hydrogen (secondary N) is 2. The molecule has 0 aromatic heterocycles. The molecule has 0 aliphatic carbocycles. The Morgan fingerprint density at radius 3 is 2.19 bits per heavy atom. The van der Waals surface area contributed by atoms with E-state index in [0.717, 1.165) is 11.1 Å². The quantitative estimate of drug-likeness (QED) is 0.522. The predicted octanol–water partition coefficient (Wildman–Crippen LogP) is 3.51. The molecular formula is C25H29N3O3S. The van der Waals surface area contributed by atoms with Gasteiger partial charge in [-0.1, -0.05) is 66.7 Å². The maximum absolute atomic E-state index is 12.9. The SMILES string of the molecule is Cc1ccc(S(=O)(=O)NCc2ccccc2)cc1C(=O)NCC(c1ccccc1)N(C)C. The standard InChI is InChI=1S/C25H29N3O3S/c1-19-14-15-22(32(30,31)27-17-20-10-6-4-7-11-20)16-23(19)25(29)26-18-24(28(2)3)21-12-8-5-9-13-21/h4-16,24,27H,17-18H2,1-3H3,(H,26,29). The number of aryl methyl sites for hydroxylation is 1. The van der Waals surface area contributed by atoms with Crippen LogP contribution in [0.4, 0.5) is 0 Å². The first kappa shape index (κ1) is 23.7. The average Bonchev–Trinajstić information content (AvgIpc) is 2.79. The van der Waals surface area contributed by atoms with E-state index in [0.29, 0.717) is 17.7 Å². The zero-order valence-electron chi connectivity index (χ0n) is 18.6. The topological polar surface area (TPSA) is 78.5 Å². The van der Waals surface area contributed by atoms with Crippen molar-refractivity contribution in [2.24, 2.45) is 0 Å². The van der Waals surface area contributed by atoms with Crippen LogP contribution >= 0.6 is 0 Å². The predicted molar refractivity (Wildman–Crippen MR) is 127 cm³/mol. The Balaban J connectivity index is 1.73. The molecule has 1 atom stereocenters. The molecule has 0 heterocycles. The molecule has 7 heteroatoms. The van der Waals surface area contributed by atoms with Crippen molar-refractivity contribution in [3.8, 4) is 0 Å². The zero-order valence-corrected chi connectivity index (χ0v) is 19.4. The molecule has 0 radical (unpaired) electrons. The molecular weight excluding hydrogens is 422 g/mol. The number of nitrogens with zero attached hydrogens (tertiary/aromatic N) is 1. The lowest BCUT2D eigenvalue weighted by molar-refractivity contribution is 0.0941. The van der Waals surface area contributed by atoms with Gasteiger partial charge < -0.3 is 10.2 Å². The Kier molecular flexibility index (Phi) is 7.80. The van der Waals surface area contributed by atoms with Crippen molar-refractivity contribution in [2.45, 2.75) is 24.4 Å². The highest BCUT2D eigenvalue weighted by Crippen LogP contribution is 2.19. The van der Waals surface area contributed by atoms with Gasteiger partial charge in [-0.25, -0.2) is 13.1 Å². The van der Waals surface area contributed by atoms with Gasteiger partial charge in [0.1, 0.15) is 0 Å². The first-order chi connectivity index (χ1) is 15.3. The fraction of sp³-hybridized carbons (Fsp3) is 0.240. The molecule has 0 spiro atoms. The lowest BCUT2D eigenvalue weighted by Gasteiger charge is -2.25. The summed E-state index contributed by atoms with van der Waals surface area (Å²) in [5.41, 5.74) is 3.01. The van der Waals surface area contributed by atoms with Gasteiger partial charge in [-0.3, -0.25) is 4.79 Å². The van der Waals surface area contributed by atoms with Gasteiger partial charge in [-0.05, 0) is 49.8 Å². The Labute approximate surface area is 190 Å². The highest BCUT2D eigenvalue weighted by molar-refractivity contribution is 7.89. The molecule has 1 unspecified atom stereocenters. The second-order valence-electron chi connectivity index (χ2n) is 7.89. The number of carbonyl (C=O) groups is 1. The average molecular weight is 452 g/mol. The van der Waals surface area contributed by atoms with Crippen LogP contribution in [0.3, 0.4) is 0 Å². The van der Waals surface area contributed by atoms with E-state index in [2.05, 4.69) is 10.0 Å². The van der Waals surface area contributed by atoms with Crippen LogP contribution in [0.15, 0.2) is 83.8 Å². The van der Waals surface area contributed by atoms with Gasteiger partial charge in [0.05, 0.1) is 10.9 Å². The molecule has 0 saturated heterocycles. The molecule has 3 aromatic carbocycles. The molecule has 0 aliphatic rings. The van der Waals surface area contributed by atoms with E-state index >= 15 is 0 Å². The van der Waals surface area contributed by atoms with E-state index in [-0.39, 0.29) is 23.4 Å². The van der Waals surface area contributed by atoms with Crippen LogP contribution in [-0.4, -0.2) is 39.9 Å². The highest BCUT2D eigenvalue weighted by Gasteiger charge is 2.20. The minimum absolute atomic E-state index is 0.0000829. The van der Waals surface area contributed by atoms with Crippen molar-refractivity contribution in [1.29, 1.82) is 0 Å². The van der Waals surface area contributed by atoms with Crippen LogP contribution in [0.2, 0.25) is 0 Å². The first-order valence-corrected chi connectivity index (χ1v) is 11.9. The summed E-state index contributed by atoms with van der Waals surface area (Å²) >= 11 is 0. The molecule has 32 heavy (non-hydrogen) atoms. The molecule has 3 aromatic rings. The summed E-state index contributed by atoms with van der Waals surface area (Å²) in [5.74, 6) is -0.301. The summed E-state index contributed by atoms with van der Waals surface area (Å²) in [4.78, 5) is 15.0. The second-order valence-corrected chi connectivity index (χ2v) is 9.65. The Bertz CT molecular complexity index is 1150. The molecule has 0 fully saturated rings. The maximum Gasteiger partial charge on any atom is 0.251 e. The normalized spacial score (nSPS) is 12.5. The van der Waals surface area contributed by atoms with Crippen molar-refractivity contribution >= 4 is 15.9 Å². The monoisotopic (exact) mass is 451 g/mol. The van der Waals surface area contributed by atoms with E-state index in [4.69, 9.17) is 0 Å². The van der Waals surface area contributed by atoms with Gasteiger partial charge in [-0.2, -0.15) is 0 Å². The minimum Gasteiger partial charge on any atom is -0.350 e. The molecule has 0 saturated carbocycles. The molecule has 0 bridgehead atoms. The van der Waals surface area contributed by atoms with Crippen molar-refractivity contribution in [1.82, 2.24) is 14.9 Å². The van der Waals surface area contributed by atoms with E-state index in [1.807, 2.05) is 79.7 Å². The minimum atomic E-state index is -3.76. The molecule has 2 N–H and O–H groups in total. The number of benzene rings is 3. The highest BCUT2D eigenvalue weighted by atomic mass is 32.2. The van der Waals surface area contributed by atoms with Crippen molar-refractivity contribution < 1.29 is 13.2 Å². The fourth-order valence-electron chi connectivity index (χ4n) is 3.43. The van der Waals surface area contributed by atoms with Gasteiger partial charge in [0.25, 0.3) is 5.91 Å². The fourth-order valence-corrected chi connectivity index (χ4v) is 4.47. The van der Waals surface area contributed by atoms with Gasteiger partial charge in [-0.15, -0.1) is 0 Å². The number of sulfonamides is 1. The maximum atomic E-state index is 12.9. The van der Waals surface area contributed by atoms with Crippen molar-refractivity contribution in [2.75, 3.05) is 20.6 Å². The van der Waals surface area contributed by atoms with Crippen LogP contribution in [0, 0.1) is 6.92 Å². The Morgan fingerprint density at radius 1 is 0.938 bits per heavy atom. The van der Waals surface area contributed by atoms with E-state index in [9.17, 15) is 13.2 Å². The summed E-state index contributed by atoms with van der Waals surface area (Å²) in [6.45, 7) is 2.38. The third kappa shape index (κ3) is 6.03. The first-order valence-electron chi connectivity index (χ1n) is 10.4. The van der Waals surface area contributed by atoms with Crippen LogP contribution < -0.4 is 10.0 Å². The van der Waals surface area contributed by atoms with E-state index < -0.39 is 10.0 Å². The van der Waals surface area contributed by atoms with Gasteiger partial charge >= 0.3 is 0 Å². The number of hydrogen-bond donors (Lipinski definition) is 2. The number of amides is 1. The number of rotatable bonds is 9. The molecule has 168 valence electrons. The van der Waals surface area contributed by atoms with Gasteiger partial charge in [0.15, 0.2) is 0 Å². The van der Waals surface area contributed by atoms with Crippen LogP contribution in [0.5, 0.6) is 0 Å². The second kappa shape index (κ2) is 10.5. The summed E-state index contributed by atoms with van der Waals surface area (Å²) in [6, 6.07) is 23.8. The van der Waals surface area contributed by atoms with E-state index in [1.165, 1.54) is 12.1 Å². The van der Waals surface area contributed by atoms with Gasteiger partial charge in [0.2, 0.25) is 10.0 Å². The van der Waals surface area contributed by atoms with Crippen molar-refractivity contribution in [3.63, 3.8) is 0 Å².